The van der Waals surface area contributed by atoms with Gasteiger partial charge in [-0.25, -0.2) is 0 Å². The Morgan fingerprint density at radius 2 is 2.06 bits per heavy atom. The molecule has 82 valence electrons. The van der Waals surface area contributed by atoms with Crippen LogP contribution in [0.25, 0.3) is 12.2 Å². The van der Waals surface area contributed by atoms with Gasteiger partial charge in [0.1, 0.15) is 0 Å². The summed E-state index contributed by atoms with van der Waals surface area (Å²) < 4.78 is 0. The molecule has 0 atom stereocenters. The standard InChI is InChI=1S/C14H14S2/c1-2-13(15-7-1)5-6-14-9-12(10-16-14)8-11-3-4-11/h1-2,5-7,9-11H,3-4,8H2/b6-5+. The minimum Gasteiger partial charge on any atom is -0.144 e. The van der Waals surface area contributed by atoms with Crippen LogP contribution in [0.3, 0.4) is 0 Å². The van der Waals surface area contributed by atoms with Crippen LogP contribution in [0, 0.1) is 5.92 Å². The fourth-order valence-electron chi connectivity index (χ4n) is 1.79. The highest BCUT2D eigenvalue weighted by Gasteiger charge is 2.21. The summed E-state index contributed by atoms with van der Waals surface area (Å²) in [7, 11) is 0. The summed E-state index contributed by atoms with van der Waals surface area (Å²) in [5.74, 6) is 0.990. The minimum atomic E-state index is 0.990. The predicted octanol–water partition coefficient (Wildman–Crippen LogP) is 4.93. The monoisotopic (exact) mass is 246 g/mol. The average molecular weight is 246 g/mol. The van der Waals surface area contributed by atoms with Crippen LogP contribution in [0.4, 0.5) is 0 Å². The van der Waals surface area contributed by atoms with Crippen molar-refractivity contribution in [1.82, 2.24) is 0 Å². The van der Waals surface area contributed by atoms with Crippen LogP contribution in [0.5, 0.6) is 0 Å². The maximum Gasteiger partial charge on any atom is 0.0273 e. The van der Waals surface area contributed by atoms with Gasteiger partial charge in [-0.3, -0.25) is 0 Å². The number of hydrogen-bond acceptors (Lipinski definition) is 2. The van der Waals surface area contributed by atoms with Crippen molar-refractivity contribution in [3.05, 3.63) is 44.3 Å². The lowest BCUT2D eigenvalue weighted by Crippen LogP contribution is -1.81. The molecule has 2 heteroatoms. The van der Waals surface area contributed by atoms with Crippen molar-refractivity contribution in [2.45, 2.75) is 19.3 Å². The molecule has 0 nitrogen and oxygen atoms in total. The van der Waals surface area contributed by atoms with Crippen molar-refractivity contribution in [1.29, 1.82) is 0 Å². The first-order valence-electron chi connectivity index (χ1n) is 5.69. The van der Waals surface area contributed by atoms with Gasteiger partial charge in [0.2, 0.25) is 0 Å². The van der Waals surface area contributed by atoms with E-state index in [9.17, 15) is 0 Å². The number of thiophene rings is 2. The highest BCUT2D eigenvalue weighted by Crippen LogP contribution is 2.33. The first-order valence-corrected chi connectivity index (χ1v) is 7.45. The summed E-state index contributed by atoms with van der Waals surface area (Å²) in [5.41, 5.74) is 1.53. The second-order valence-electron chi connectivity index (χ2n) is 4.35. The SMILES string of the molecule is C(=C\c1cc(CC2CC2)cs1)/c1cccs1. The Hall–Kier alpha value is -0.860. The topological polar surface area (TPSA) is 0 Å². The molecule has 0 aliphatic heterocycles. The zero-order chi connectivity index (χ0) is 10.8. The Bertz CT molecular complexity index is 473. The maximum absolute atomic E-state index is 2.34. The quantitative estimate of drug-likeness (QED) is 0.717. The van der Waals surface area contributed by atoms with Gasteiger partial charge in [0.25, 0.3) is 0 Å². The van der Waals surface area contributed by atoms with E-state index in [1.807, 2.05) is 11.3 Å². The van der Waals surface area contributed by atoms with Crippen LogP contribution >= 0.6 is 22.7 Å². The summed E-state index contributed by atoms with van der Waals surface area (Å²) in [6, 6.07) is 6.59. The summed E-state index contributed by atoms with van der Waals surface area (Å²) in [6.07, 6.45) is 8.61. The van der Waals surface area contributed by atoms with Gasteiger partial charge in [0.05, 0.1) is 0 Å². The number of hydrogen-bond donors (Lipinski definition) is 0. The Kier molecular flexibility index (Phi) is 2.94. The highest BCUT2D eigenvalue weighted by molar-refractivity contribution is 7.11. The van der Waals surface area contributed by atoms with Gasteiger partial charge in [0.15, 0.2) is 0 Å². The van der Waals surface area contributed by atoms with Crippen LogP contribution in [0.15, 0.2) is 29.0 Å². The van der Waals surface area contributed by atoms with Crippen molar-refractivity contribution in [2.75, 3.05) is 0 Å². The molecule has 16 heavy (non-hydrogen) atoms. The van der Waals surface area contributed by atoms with Gasteiger partial charge in [-0.1, -0.05) is 6.07 Å². The molecule has 2 aromatic rings. The molecule has 0 amide bonds. The molecule has 0 spiro atoms. The van der Waals surface area contributed by atoms with Crippen molar-refractivity contribution in [3.8, 4) is 0 Å². The molecule has 0 aromatic carbocycles. The summed E-state index contributed by atoms with van der Waals surface area (Å²) >= 11 is 3.65. The van der Waals surface area contributed by atoms with E-state index in [1.54, 1.807) is 11.3 Å². The maximum atomic E-state index is 2.34. The van der Waals surface area contributed by atoms with E-state index in [0.29, 0.717) is 0 Å². The number of rotatable bonds is 4. The zero-order valence-corrected chi connectivity index (χ0v) is 10.7. The molecule has 0 bridgehead atoms. The third-order valence-corrected chi connectivity index (χ3v) is 4.63. The first kappa shape index (κ1) is 10.3. The molecule has 2 heterocycles. The molecule has 1 aliphatic carbocycles. The molecule has 0 unspecified atom stereocenters. The molecule has 0 N–H and O–H groups in total. The average Bonchev–Trinajstić information content (AvgIpc) is 2.81. The van der Waals surface area contributed by atoms with Crippen LogP contribution < -0.4 is 0 Å². The summed E-state index contributed by atoms with van der Waals surface area (Å²) in [5, 5.41) is 4.43. The largest absolute Gasteiger partial charge is 0.144 e. The molecule has 2 aromatic heterocycles. The summed E-state index contributed by atoms with van der Waals surface area (Å²) in [4.78, 5) is 2.71. The smallest absolute Gasteiger partial charge is 0.0273 e. The van der Waals surface area contributed by atoms with Crippen molar-refractivity contribution in [3.63, 3.8) is 0 Å². The fourth-order valence-corrected chi connectivity index (χ4v) is 3.23. The van der Waals surface area contributed by atoms with Gasteiger partial charge in [-0.15, -0.1) is 22.7 Å². The van der Waals surface area contributed by atoms with E-state index in [1.165, 1.54) is 34.6 Å². The molecular weight excluding hydrogens is 232 g/mol. The van der Waals surface area contributed by atoms with E-state index in [-0.39, 0.29) is 0 Å². The van der Waals surface area contributed by atoms with Crippen molar-refractivity contribution in [2.24, 2.45) is 5.92 Å². The molecule has 3 rings (SSSR count). The highest BCUT2D eigenvalue weighted by atomic mass is 32.1. The van der Waals surface area contributed by atoms with E-state index >= 15 is 0 Å². The molecule has 0 radical (unpaired) electrons. The van der Waals surface area contributed by atoms with Gasteiger partial charge in [0, 0.05) is 9.75 Å². The lowest BCUT2D eigenvalue weighted by atomic mass is 10.1. The van der Waals surface area contributed by atoms with E-state index < -0.39 is 0 Å². The summed E-state index contributed by atoms with van der Waals surface area (Å²) in [6.45, 7) is 0. The van der Waals surface area contributed by atoms with Crippen LogP contribution in [-0.4, -0.2) is 0 Å². The normalized spacial score (nSPS) is 16.0. The lowest BCUT2D eigenvalue weighted by Gasteiger charge is -1.90. The Balaban J connectivity index is 1.67. The van der Waals surface area contributed by atoms with Gasteiger partial charge in [-0.2, -0.15) is 0 Å². The van der Waals surface area contributed by atoms with Gasteiger partial charge >= 0.3 is 0 Å². The molecule has 1 aliphatic rings. The van der Waals surface area contributed by atoms with Gasteiger partial charge in [-0.05, 0) is 65.8 Å². The molecule has 1 saturated carbocycles. The Labute approximate surface area is 104 Å². The van der Waals surface area contributed by atoms with Gasteiger partial charge < -0.3 is 0 Å². The Morgan fingerprint density at radius 1 is 1.19 bits per heavy atom. The molecule has 0 saturated heterocycles. The second-order valence-corrected chi connectivity index (χ2v) is 6.28. The predicted molar refractivity (Wildman–Crippen MR) is 74.0 cm³/mol. The van der Waals surface area contributed by atoms with Crippen LogP contribution in [-0.2, 0) is 6.42 Å². The zero-order valence-electron chi connectivity index (χ0n) is 9.06. The Morgan fingerprint density at radius 3 is 2.81 bits per heavy atom. The van der Waals surface area contributed by atoms with E-state index in [0.717, 1.165) is 5.92 Å². The lowest BCUT2D eigenvalue weighted by molar-refractivity contribution is 0.836. The van der Waals surface area contributed by atoms with Crippen molar-refractivity contribution >= 4 is 34.8 Å². The second kappa shape index (κ2) is 4.56. The van der Waals surface area contributed by atoms with E-state index in [2.05, 4.69) is 41.1 Å². The first-order chi connectivity index (χ1) is 7.90. The van der Waals surface area contributed by atoms with E-state index in [4.69, 9.17) is 0 Å². The third-order valence-electron chi connectivity index (χ3n) is 2.85. The molecular formula is C14H14S2. The minimum absolute atomic E-state index is 0.990. The molecule has 1 fully saturated rings. The third kappa shape index (κ3) is 2.63. The van der Waals surface area contributed by atoms with Crippen LogP contribution in [0.1, 0.15) is 28.2 Å². The van der Waals surface area contributed by atoms with Crippen LogP contribution in [0.2, 0.25) is 0 Å². The fraction of sp³-hybridized carbons (Fsp3) is 0.286. The van der Waals surface area contributed by atoms with Crippen molar-refractivity contribution < 1.29 is 0 Å².